The molecule has 1 aromatic heterocycles. The minimum absolute atomic E-state index is 0.0936. The second kappa shape index (κ2) is 7.81. The SMILES string of the molecule is C[C@@H](CC(=O)Nc1cc(C2CCCC2)[nH]n1)NC(=O)C1CCCC1. The van der Waals surface area contributed by atoms with E-state index in [0.29, 0.717) is 11.7 Å². The summed E-state index contributed by atoms with van der Waals surface area (Å²) in [6, 6.07) is 1.78. The van der Waals surface area contributed by atoms with Gasteiger partial charge in [0.05, 0.1) is 0 Å². The van der Waals surface area contributed by atoms with E-state index in [4.69, 9.17) is 0 Å². The number of hydrogen-bond acceptors (Lipinski definition) is 3. The monoisotopic (exact) mass is 332 g/mol. The predicted octanol–water partition coefficient (Wildman–Crippen LogP) is 3.09. The van der Waals surface area contributed by atoms with Gasteiger partial charge in [0, 0.05) is 36.1 Å². The van der Waals surface area contributed by atoms with E-state index in [0.717, 1.165) is 31.4 Å². The normalized spacial score (nSPS) is 20.2. The summed E-state index contributed by atoms with van der Waals surface area (Å²) in [6.45, 7) is 1.88. The van der Waals surface area contributed by atoms with Gasteiger partial charge in [-0.25, -0.2) is 0 Å². The Bertz CT molecular complexity index is 571. The van der Waals surface area contributed by atoms with Crippen molar-refractivity contribution in [2.24, 2.45) is 5.92 Å². The molecule has 6 nitrogen and oxygen atoms in total. The number of anilines is 1. The van der Waals surface area contributed by atoms with Crippen LogP contribution in [0.5, 0.6) is 0 Å². The van der Waals surface area contributed by atoms with E-state index < -0.39 is 0 Å². The molecule has 3 rings (SSSR count). The maximum atomic E-state index is 12.1. The molecule has 0 unspecified atom stereocenters. The van der Waals surface area contributed by atoms with Gasteiger partial charge >= 0.3 is 0 Å². The second-order valence-corrected chi connectivity index (χ2v) is 7.33. The highest BCUT2D eigenvalue weighted by atomic mass is 16.2. The molecule has 1 atom stereocenters. The Hall–Kier alpha value is -1.85. The van der Waals surface area contributed by atoms with E-state index in [-0.39, 0.29) is 30.2 Å². The molecule has 6 heteroatoms. The quantitative estimate of drug-likeness (QED) is 0.748. The van der Waals surface area contributed by atoms with Gasteiger partial charge in [0.15, 0.2) is 5.82 Å². The fraction of sp³-hybridized carbons (Fsp3) is 0.722. The zero-order chi connectivity index (χ0) is 16.9. The van der Waals surface area contributed by atoms with Crippen LogP contribution in [0.1, 0.15) is 76.3 Å². The number of hydrogen-bond donors (Lipinski definition) is 3. The van der Waals surface area contributed by atoms with Gasteiger partial charge in [-0.15, -0.1) is 0 Å². The fourth-order valence-electron chi connectivity index (χ4n) is 3.92. The van der Waals surface area contributed by atoms with E-state index >= 15 is 0 Å². The van der Waals surface area contributed by atoms with Crippen LogP contribution in [0.2, 0.25) is 0 Å². The number of aromatic amines is 1. The number of nitrogens with zero attached hydrogens (tertiary/aromatic N) is 1. The smallest absolute Gasteiger partial charge is 0.227 e. The number of aromatic nitrogens is 2. The summed E-state index contributed by atoms with van der Waals surface area (Å²) in [7, 11) is 0. The van der Waals surface area contributed by atoms with Crippen molar-refractivity contribution in [1.82, 2.24) is 15.5 Å². The minimum Gasteiger partial charge on any atom is -0.353 e. The van der Waals surface area contributed by atoms with Gasteiger partial charge in [0.2, 0.25) is 11.8 Å². The molecule has 1 aromatic rings. The molecule has 0 saturated heterocycles. The van der Waals surface area contributed by atoms with Crippen LogP contribution in [-0.2, 0) is 9.59 Å². The van der Waals surface area contributed by atoms with Crippen molar-refractivity contribution in [2.75, 3.05) is 5.32 Å². The predicted molar refractivity (Wildman–Crippen MR) is 92.6 cm³/mol. The third-order valence-corrected chi connectivity index (χ3v) is 5.27. The summed E-state index contributed by atoms with van der Waals surface area (Å²) < 4.78 is 0. The van der Waals surface area contributed by atoms with Gasteiger partial charge in [-0.1, -0.05) is 25.7 Å². The Morgan fingerprint density at radius 2 is 1.88 bits per heavy atom. The molecular formula is C18H28N4O2. The summed E-state index contributed by atoms with van der Waals surface area (Å²) in [5, 5.41) is 13.0. The lowest BCUT2D eigenvalue weighted by Crippen LogP contribution is -2.38. The van der Waals surface area contributed by atoms with Crippen LogP contribution in [-0.4, -0.2) is 28.1 Å². The van der Waals surface area contributed by atoms with Crippen LogP contribution in [0, 0.1) is 5.92 Å². The lowest BCUT2D eigenvalue weighted by Gasteiger charge is -2.16. The van der Waals surface area contributed by atoms with Crippen molar-refractivity contribution >= 4 is 17.6 Å². The number of carbonyl (C=O) groups excluding carboxylic acids is 2. The molecule has 2 aliphatic rings. The first-order valence-electron chi connectivity index (χ1n) is 9.27. The van der Waals surface area contributed by atoms with Crippen LogP contribution in [0.3, 0.4) is 0 Å². The Morgan fingerprint density at radius 1 is 1.21 bits per heavy atom. The zero-order valence-electron chi connectivity index (χ0n) is 14.4. The van der Waals surface area contributed by atoms with E-state index in [9.17, 15) is 9.59 Å². The van der Waals surface area contributed by atoms with Crippen LogP contribution < -0.4 is 10.6 Å². The molecule has 0 aromatic carbocycles. The Labute approximate surface area is 143 Å². The zero-order valence-corrected chi connectivity index (χ0v) is 14.4. The summed E-state index contributed by atoms with van der Waals surface area (Å²) in [5.41, 5.74) is 1.12. The van der Waals surface area contributed by atoms with E-state index in [1.54, 1.807) is 0 Å². The average Bonchev–Trinajstić information content (AvgIpc) is 3.29. The van der Waals surface area contributed by atoms with Crippen molar-refractivity contribution in [2.45, 2.75) is 76.7 Å². The van der Waals surface area contributed by atoms with Gasteiger partial charge < -0.3 is 10.6 Å². The van der Waals surface area contributed by atoms with Crippen molar-refractivity contribution in [3.05, 3.63) is 11.8 Å². The average molecular weight is 332 g/mol. The highest BCUT2D eigenvalue weighted by Crippen LogP contribution is 2.33. The van der Waals surface area contributed by atoms with Gasteiger partial charge in [0.25, 0.3) is 0 Å². The molecule has 132 valence electrons. The molecule has 2 saturated carbocycles. The summed E-state index contributed by atoms with van der Waals surface area (Å²) in [5.74, 6) is 1.24. The summed E-state index contributed by atoms with van der Waals surface area (Å²) in [4.78, 5) is 24.2. The van der Waals surface area contributed by atoms with E-state index in [1.165, 1.54) is 25.7 Å². The number of rotatable bonds is 6. The molecule has 2 aliphatic carbocycles. The molecule has 0 radical (unpaired) electrons. The van der Waals surface area contributed by atoms with Gasteiger partial charge in [-0.3, -0.25) is 14.7 Å². The Balaban J connectivity index is 1.43. The first-order valence-corrected chi connectivity index (χ1v) is 9.27. The molecule has 24 heavy (non-hydrogen) atoms. The van der Waals surface area contributed by atoms with Gasteiger partial charge in [0.1, 0.15) is 0 Å². The van der Waals surface area contributed by atoms with E-state index in [1.807, 2.05) is 13.0 Å². The maximum absolute atomic E-state index is 12.1. The maximum Gasteiger partial charge on any atom is 0.227 e. The van der Waals surface area contributed by atoms with Crippen LogP contribution in [0.4, 0.5) is 5.82 Å². The highest BCUT2D eigenvalue weighted by molar-refractivity contribution is 5.90. The third-order valence-electron chi connectivity index (χ3n) is 5.27. The lowest BCUT2D eigenvalue weighted by atomic mass is 10.0. The van der Waals surface area contributed by atoms with Crippen LogP contribution >= 0.6 is 0 Å². The topological polar surface area (TPSA) is 86.9 Å². The van der Waals surface area contributed by atoms with Crippen molar-refractivity contribution in [1.29, 1.82) is 0 Å². The van der Waals surface area contributed by atoms with Crippen LogP contribution in [0.25, 0.3) is 0 Å². The van der Waals surface area contributed by atoms with Gasteiger partial charge in [-0.2, -0.15) is 5.10 Å². The molecule has 0 spiro atoms. The number of H-pyrrole nitrogens is 1. The minimum atomic E-state index is -0.161. The number of carbonyl (C=O) groups is 2. The first-order chi connectivity index (χ1) is 11.6. The third kappa shape index (κ3) is 4.36. The molecular weight excluding hydrogens is 304 g/mol. The number of nitrogens with one attached hydrogen (secondary N) is 3. The van der Waals surface area contributed by atoms with Gasteiger partial charge in [-0.05, 0) is 32.6 Å². The fourth-order valence-corrected chi connectivity index (χ4v) is 3.92. The van der Waals surface area contributed by atoms with Crippen molar-refractivity contribution < 1.29 is 9.59 Å². The standard InChI is InChI=1S/C18H28N4O2/c1-12(19-18(24)14-8-4-5-9-14)10-17(23)20-16-11-15(21-22-16)13-6-2-3-7-13/h11-14H,2-10H2,1H3,(H,19,24)(H2,20,21,22,23)/t12-/m0/s1. The highest BCUT2D eigenvalue weighted by Gasteiger charge is 2.24. The summed E-state index contributed by atoms with van der Waals surface area (Å²) in [6.07, 6.45) is 9.41. The van der Waals surface area contributed by atoms with E-state index in [2.05, 4.69) is 20.8 Å². The molecule has 1 heterocycles. The van der Waals surface area contributed by atoms with Crippen molar-refractivity contribution in [3.63, 3.8) is 0 Å². The molecule has 3 N–H and O–H groups in total. The molecule has 2 amide bonds. The summed E-state index contributed by atoms with van der Waals surface area (Å²) >= 11 is 0. The largest absolute Gasteiger partial charge is 0.353 e. The molecule has 0 aliphatic heterocycles. The van der Waals surface area contributed by atoms with Crippen molar-refractivity contribution in [3.8, 4) is 0 Å². The molecule has 2 fully saturated rings. The number of amides is 2. The molecule has 0 bridgehead atoms. The second-order valence-electron chi connectivity index (χ2n) is 7.33. The Kier molecular flexibility index (Phi) is 5.53. The van der Waals surface area contributed by atoms with Crippen LogP contribution in [0.15, 0.2) is 6.07 Å². The lowest BCUT2D eigenvalue weighted by molar-refractivity contribution is -0.125. The first kappa shape index (κ1) is 17.0. The Morgan fingerprint density at radius 3 is 2.58 bits per heavy atom.